The predicted octanol–water partition coefficient (Wildman–Crippen LogP) is 2.15. The fourth-order valence-corrected chi connectivity index (χ4v) is 2.06. The topological polar surface area (TPSA) is 60.9 Å². The average Bonchev–Trinajstić information content (AvgIpc) is 2.35. The Morgan fingerprint density at radius 3 is 2.83 bits per heavy atom. The van der Waals surface area contributed by atoms with Crippen LogP contribution in [0.15, 0.2) is 23.0 Å². The SMILES string of the molecule is CCCCCc1nc2cc(C)ccc2c(=O)n1N. The molecule has 4 nitrogen and oxygen atoms in total. The van der Waals surface area contributed by atoms with Gasteiger partial charge in [0.05, 0.1) is 10.9 Å². The number of nitrogen functional groups attached to an aromatic ring is 1. The number of unbranched alkanes of at least 4 members (excludes halogenated alkanes) is 2. The van der Waals surface area contributed by atoms with Gasteiger partial charge in [0.25, 0.3) is 5.56 Å². The molecule has 0 radical (unpaired) electrons. The molecule has 0 saturated carbocycles. The normalized spacial score (nSPS) is 11.0. The van der Waals surface area contributed by atoms with Gasteiger partial charge in [-0.1, -0.05) is 25.8 Å². The fraction of sp³-hybridized carbons (Fsp3) is 0.429. The molecule has 0 aliphatic heterocycles. The van der Waals surface area contributed by atoms with E-state index in [1.807, 2.05) is 19.1 Å². The van der Waals surface area contributed by atoms with Crippen LogP contribution in [0.3, 0.4) is 0 Å². The van der Waals surface area contributed by atoms with Gasteiger partial charge in [-0.25, -0.2) is 9.66 Å². The first-order valence-corrected chi connectivity index (χ1v) is 6.41. The highest BCUT2D eigenvalue weighted by Crippen LogP contribution is 2.11. The number of rotatable bonds is 4. The highest BCUT2D eigenvalue weighted by Gasteiger charge is 2.08. The van der Waals surface area contributed by atoms with E-state index in [4.69, 9.17) is 5.84 Å². The van der Waals surface area contributed by atoms with Gasteiger partial charge in [0.15, 0.2) is 0 Å². The molecule has 0 saturated heterocycles. The smallest absolute Gasteiger partial charge is 0.279 e. The van der Waals surface area contributed by atoms with Crippen molar-refractivity contribution in [3.05, 3.63) is 39.9 Å². The Balaban J connectivity index is 2.48. The molecule has 1 heterocycles. The van der Waals surface area contributed by atoms with E-state index in [2.05, 4.69) is 11.9 Å². The molecule has 0 bridgehead atoms. The molecule has 1 aromatic heterocycles. The molecule has 0 aliphatic carbocycles. The Labute approximate surface area is 106 Å². The fourth-order valence-electron chi connectivity index (χ4n) is 2.06. The summed E-state index contributed by atoms with van der Waals surface area (Å²) in [5.41, 5.74) is 1.68. The Morgan fingerprint density at radius 1 is 1.33 bits per heavy atom. The van der Waals surface area contributed by atoms with Crippen LogP contribution in [0.4, 0.5) is 0 Å². The van der Waals surface area contributed by atoms with Crippen LogP contribution in [0.2, 0.25) is 0 Å². The molecule has 4 heteroatoms. The monoisotopic (exact) mass is 245 g/mol. The standard InChI is InChI=1S/C14H19N3O/c1-3-4-5-6-13-16-12-9-10(2)7-8-11(12)14(18)17(13)15/h7-9H,3-6,15H2,1-2H3. The minimum atomic E-state index is -0.161. The first kappa shape index (κ1) is 12.6. The number of fused-ring (bicyclic) bond motifs is 1. The molecule has 96 valence electrons. The molecule has 0 amide bonds. The van der Waals surface area contributed by atoms with Crippen LogP contribution >= 0.6 is 0 Å². The van der Waals surface area contributed by atoms with Crippen molar-refractivity contribution in [3.63, 3.8) is 0 Å². The quantitative estimate of drug-likeness (QED) is 0.663. The Morgan fingerprint density at radius 2 is 2.11 bits per heavy atom. The van der Waals surface area contributed by atoms with Gasteiger partial charge in [-0.05, 0) is 31.0 Å². The molecule has 2 N–H and O–H groups in total. The van der Waals surface area contributed by atoms with Crippen LogP contribution in [0, 0.1) is 6.92 Å². The lowest BCUT2D eigenvalue weighted by Gasteiger charge is -2.08. The van der Waals surface area contributed by atoms with E-state index >= 15 is 0 Å². The van der Waals surface area contributed by atoms with Gasteiger partial charge in [-0.3, -0.25) is 4.79 Å². The summed E-state index contributed by atoms with van der Waals surface area (Å²) >= 11 is 0. The molecule has 1 aromatic carbocycles. The Hall–Kier alpha value is -1.84. The second-order valence-corrected chi connectivity index (χ2v) is 4.68. The van der Waals surface area contributed by atoms with E-state index in [1.54, 1.807) is 6.07 Å². The van der Waals surface area contributed by atoms with Crippen LogP contribution in [-0.4, -0.2) is 9.66 Å². The number of hydrogen-bond donors (Lipinski definition) is 1. The molecule has 18 heavy (non-hydrogen) atoms. The molecule has 0 unspecified atom stereocenters. The van der Waals surface area contributed by atoms with Crippen molar-refractivity contribution in [2.45, 2.75) is 39.5 Å². The maximum absolute atomic E-state index is 12.1. The van der Waals surface area contributed by atoms with E-state index in [-0.39, 0.29) is 5.56 Å². The minimum Gasteiger partial charge on any atom is -0.335 e. The molecule has 2 rings (SSSR count). The van der Waals surface area contributed by atoms with E-state index in [9.17, 15) is 4.79 Å². The second-order valence-electron chi connectivity index (χ2n) is 4.68. The average molecular weight is 245 g/mol. The number of nitrogens with two attached hydrogens (primary N) is 1. The Kier molecular flexibility index (Phi) is 3.65. The lowest BCUT2D eigenvalue weighted by atomic mass is 10.1. The number of aryl methyl sites for hydroxylation is 2. The predicted molar refractivity (Wildman–Crippen MR) is 74.1 cm³/mol. The van der Waals surface area contributed by atoms with Crippen molar-refractivity contribution in [1.82, 2.24) is 9.66 Å². The minimum absolute atomic E-state index is 0.161. The van der Waals surface area contributed by atoms with Gasteiger partial charge in [0, 0.05) is 6.42 Å². The van der Waals surface area contributed by atoms with Crippen molar-refractivity contribution < 1.29 is 0 Å². The maximum Gasteiger partial charge on any atom is 0.279 e. The zero-order valence-electron chi connectivity index (χ0n) is 10.9. The van der Waals surface area contributed by atoms with Gasteiger partial charge >= 0.3 is 0 Å². The third-order valence-corrected chi connectivity index (χ3v) is 3.13. The van der Waals surface area contributed by atoms with Crippen LogP contribution in [0.25, 0.3) is 10.9 Å². The van der Waals surface area contributed by atoms with Gasteiger partial charge in [0.2, 0.25) is 0 Å². The first-order valence-electron chi connectivity index (χ1n) is 6.41. The summed E-state index contributed by atoms with van der Waals surface area (Å²) in [5, 5.41) is 0.586. The van der Waals surface area contributed by atoms with E-state index in [0.717, 1.165) is 36.8 Å². The van der Waals surface area contributed by atoms with Crippen molar-refractivity contribution in [2.75, 3.05) is 5.84 Å². The van der Waals surface area contributed by atoms with Gasteiger partial charge < -0.3 is 5.84 Å². The highest BCUT2D eigenvalue weighted by molar-refractivity contribution is 5.78. The van der Waals surface area contributed by atoms with Crippen LogP contribution < -0.4 is 11.4 Å². The summed E-state index contributed by atoms with van der Waals surface area (Å²) in [6.07, 6.45) is 4.03. The van der Waals surface area contributed by atoms with E-state index in [0.29, 0.717) is 11.2 Å². The summed E-state index contributed by atoms with van der Waals surface area (Å²) < 4.78 is 1.19. The molecular formula is C14H19N3O. The summed E-state index contributed by atoms with van der Waals surface area (Å²) in [6.45, 7) is 4.14. The van der Waals surface area contributed by atoms with Crippen molar-refractivity contribution in [2.24, 2.45) is 0 Å². The maximum atomic E-state index is 12.1. The van der Waals surface area contributed by atoms with E-state index in [1.165, 1.54) is 4.68 Å². The van der Waals surface area contributed by atoms with Gasteiger partial charge in [0.1, 0.15) is 5.82 Å². The van der Waals surface area contributed by atoms with Crippen LogP contribution in [-0.2, 0) is 6.42 Å². The van der Waals surface area contributed by atoms with Crippen molar-refractivity contribution in [1.29, 1.82) is 0 Å². The summed E-state index contributed by atoms with van der Waals surface area (Å²) in [7, 11) is 0. The molecule has 0 spiro atoms. The molecular weight excluding hydrogens is 226 g/mol. The zero-order chi connectivity index (χ0) is 13.1. The third-order valence-electron chi connectivity index (χ3n) is 3.13. The van der Waals surface area contributed by atoms with Crippen LogP contribution in [0.5, 0.6) is 0 Å². The van der Waals surface area contributed by atoms with Crippen molar-refractivity contribution >= 4 is 10.9 Å². The van der Waals surface area contributed by atoms with Crippen molar-refractivity contribution in [3.8, 4) is 0 Å². The van der Waals surface area contributed by atoms with E-state index < -0.39 is 0 Å². The summed E-state index contributed by atoms with van der Waals surface area (Å²) in [4.78, 5) is 16.6. The molecule has 0 fully saturated rings. The lowest BCUT2D eigenvalue weighted by molar-refractivity contribution is 0.668. The largest absolute Gasteiger partial charge is 0.335 e. The molecule has 0 aliphatic rings. The first-order chi connectivity index (χ1) is 8.63. The number of aromatic nitrogens is 2. The molecule has 2 aromatic rings. The highest BCUT2D eigenvalue weighted by atomic mass is 16.1. The van der Waals surface area contributed by atoms with Crippen LogP contribution in [0.1, 0.15) is 37.6 Å². The van der Waals surface area contributed by atoms with Gasteiger partial charge in [-0.15, -0.1) is 0 Å². The zero-order valence-corrected chi connectivity index (χ0v) is 10.9. The number of nitrogens with zero attached hydrogens (tertiary/aromatic N) is 2. The van der Waals surface area contributed by atoms with Gasteiger partial charge in [-0.2, -0.15) is 0 Å². The summed E-state index contributed by atoms with van der Waals surface area (Å²) in [5.74, 6) is 6.48. The second kappa shape index (κ2) is 5.21. The number of benzene rings is 1. The lowest BCUT2D eigenvalue weighted by Crippen LogP contribution is -2.31. The number of hydrogen-bond acceptors (Lipinski definition) is 3. The third kappa shape index (κ3) is 2.37. The molecule has 0 atom stereocenters. The summed E-state index contributed by atoms with van der Waals surface area (Å²) in [6, 6.07) is 5.63. The Bertz CT molecular complexity index is 616.